The molecule has 0 spiro atoms. The third kappa shape index (κ3) is 51.2. The number of rotatable bonds is 12. The van der Waals surface area contributed by atoms with Gasteiger partial charge in [0.2, 0.25) is 0 Å². The number of hydrogen-bond acceptors (Lipinski definition) is 18. The van der Waals surface area contributed by atoms with Crippen LogP contribution in [0.1, 0.15) is 86.2 Å². The van der Waals surface area contributed by atoms with E-state index in [1.165, 1.54) is 104 Å². The maximum atomic E-state index is 12.9. The standard InChI is InChI=1S/2C11H10FN3OS.C6H5BrFN.C6H6FNO.C6H4FNO.C6H15N.C5H6N2OS.C2H6O.CH2Cl2.CH4O.CH4.B.ClH.Na.H/c2*1-7-2-10(16)15-11(14-7)17-6-8-3-9(12)5-13-4-8;7-2-5-1-6(8)4-9-3-5;2*7-6-1-5(4-9)2-8-3-6;1-4-7(5-2)6-3;1-3-2-4(8)7-5(9)6-3;1-2-3;2-1-3;1-2;;;;;/h2*2-5H,6H2,1H3,(H,14,15,16);1,3-4H,2H2;1-3,9H,4H2;1-4H;4-6H2,1-3H3;2H,1H3,(H2,6,7,8,9);3H,2H2,1H3;1H2;2H,1H3;1H4;;1H;;/q;;;;;;;;;;;;;+1;-1. The van der Waals surface area contributed by atoms with Crippen molar-refractivity contribution in [3.05, 3.63) is 220 Å². The fraction of sp³-hybridized carbons (Fsp3) is 0.321. The summed E-state index contributed by atoms with van der Waals surface area (Å²) in [6, 6.07) is 10.9. The first-order chi connectivity index (χ1) is 40.6. The van der Waals surface area contributed by atoms with E-state index >= 15 is 0 Å². The number of aldehydes is 1. The number of halogens is 9. The Morgan fingerprint density at radius 2 is 0.910 bits per heavy atom. The Balaban J connectivity index is -0.000000177. The second-order valence-corrected chi connectivity index (χ2v) is 19.4. The summed E-state index contributed by atoms with van der Waals surface area (Å²) in [6.07, 6.45) is 13.7. The van der Waals surface area contributed by atoms with Crippen LogP contribution in [-0.2, 0) is 23.4 Å². The van der Waals surface area contributed by atoms with Gasteiger partial charge < -0.3 is 36.6 Å². The number of aliphatic hydroxyl groups is 3. The van der Waals surface area contributed by atoms with Crippen molar-refractivity contribution in [2.24, 2.45) is 0 Å². The van der Waals surface area contributed by atoms with Crippen molar-refractivity contribution in [3.63, 3.8) is 0 Å². The van der Waals surface area contributed by atoms with Gasteiger partial charge >= 0.3 is 29.6 Å². The van der Waals surface area contributed by atoms with Gasteiger partial charge in [-0.25, -0.2) is 31.9 Å². The molecule has 0 fully saturated rings. The fourth-order valence-electron chi connectivity index (χ4n) is 5.44. The number of aromatic nitrogens is 11. The molecule has 8 aromatic rings. The number of nitrogens with zero attached hydrogens (tertiary/aromatic N) is 8. The van der Waals surface area contributed by atoms with Crippen LogP contribution in [0.2, 0.25) is 0 Å². The predicted molar refractivity (Wildman–Crippen MR) is 352 cm³/mol. The number of aliphatic hydroxyl groups excluding tert-OH is 3. The zero-order valence-electron chi connectivity index (χ0n) is 50.6. The molecule has 0 aromatic carbocycles. The zero-order chi connectivity index (χ0) is 64.5. The second kappa shape index (κ2) is 60.4. The van der Waals surface area contributed by atoms with Gasteiger partial charge in [0.1, 0.15) is 29.1 Å². The summed E-state index contributed by atoms with van der Waals surface area (Å²) in [5, 5.41) is 24.9. The van der Waals surface area contributed by atoms with Crippen LogP contribution in [0.15, 0.2) is 135 Å². The fourth-order valence-corrected chi connectivity index (χ4v) is 7.69. The Labute approximate surface area is 578 Å². The summed E-state index contributed by atoms with van der Waals surface area (Å²) in [4.78, 5) is 82.2. The molecule has 0 atom stereocenters. The Morgan fingerprint density at radius 1 is 0.584 bits per heavy atom. The van der Waals surface area contributed by atoms with Crippen LogP contribution in [-0.4, -0.2) is 128 Å². The van der Waals surface area contributed by atoms with Crippen molar-refractivity contribution in [3.8, 4) is 0 Å². The molecule has 19 nitrogen and oxygen atoms in total. The number of thioether (sulfide) groups is 2. The average Bonchev–Trinajstić information content (AvgIpc) is 3.43. The van der Waals surface area contributed by atoms with Crippen LogP contribution in [0, 0.1) is 54.6 Å². The molecule has 485 valence electrons. The molecule has 0 saturated carbocycles. The van der Waals surface area contributed by atoms with Crippen LogP contribution in [0.4, 0.5) is 22.0 Å². The summed E-state index contributed by atoms with van der Waals surface area (Å²) in [6.45, 7) is 17.2. The van der Waals surface area contributed by atoms with Gasteiger partial charge in [-0.3, -0.25) is 49.1 Å². The van der Waals surface area contributed by atoms with Crippen LogP contribution in [0.5, 0.6) is 0 Å². The van der Waals surface area contributed by atoms with E-state index in [0.717, 1.165) is 60.3 Å². The number of alkyl halides is 3. The molecule has 0 aliphatic rings. The molecule has 0 aliphatic heterocycles. The molecule has 33 heteroatoms. The number of nitrogens with one attached hydrogen (secondary N) is 4. The Bertz CT molecular complexity index is 3170. The molecular weight excluding hydrogens is 1360 g/mol. The smallest absolute Gasteiger partial charge is 1.00 e. The summed E-state index contributed by atoms with van der Waals surface area (Å²) in [5.74, 6) is -0.899. The van der Waals surface area contributed by atoms with E-state index in [0.29, 0.717) is 55.2 Å². The molecule has 7 N–H and O–H groups in total. The molecule has 8 heterocycles. The molecule has 0 unspecified atom stereocenters. The quantitative estimate of drug-likeness (QED) is 0.0115. The van der Waals surface area contributed by atoms with Gasteiger partial charge in [0.05, 0.1) is 42.9 Å². The third-order valence-corrected chi connectivity index (χ3v) is 11.7. The van der Waals surface area contributed by atoms with Gasteiger partial charge in [0, 0.05) is 111 Å². The third-order valence-electron chi connectivity index (χ3n) is 8.93. The number of carbonyl (C=O) groups is 1. The summed E-state index contributed by atoms with van der Waals surface area (Å²) in [5.41, 5.74) is 4.69. The van der Waals surface area contributed by atoms with E-state index in [-0.39, 0.29) is 117 Å². The van der Waals surface area contributed by atoms with E-state index in [1.54, 1.807) is 46.3 Å². The van der Waals surface area contributed by atoms with Crippen molar-refractivity contribution in [1.82, 2.24) is 59.7 Å². The predicted octanol–water partition coefficient (Wildman–Crippen LogP) is 8.58. The first-order valence-electron chi connectivity index (χ1n) is 24.8. The number of carbonyl (C=O) groups excluding carboxylic acids is 1. The summed E-state index contributed by atoms with van der Waals surface area (Å²) >= 11 is 20.1. The van der Waals surface area contributed by atoms with E-state index in [1.807, 2.05) is 0 Å². The van der Waals surface area contributed by atoms with E-state index in [2.05, 4.69) is 109 Å². The molecule has 8 aromatic heterocycles. The van der Waals surface area contributed by atoms with Crippen molar-refractivity contribution < 1.29 is 73.1 Å². The number of H-pyrrole nitrogens is 4. The topological polar surface area (TPSA) is 286 Å². The van der Waals surface area contributed by atoms with Crippen LogP contribution < -0.4 is 46.2 Å². The van der Waals surface area contributed by atoms with Gasteiger partial charge in [-0.05, 0) is 112 Å². The molecule has 8 rings (SSSR count). The van der Waals surface area contributed by atoms with Crippen molar-refractivity contribution in [1.29, 1.82) is 0 Å². The number of aromatic amines is 4. The molecule has 0 aliphatic carbocycles. The summed E-state index contributed by atoms with van der Waals surface area (Å²) in [7, 11) is 1.00. The monoisotopic (exact) mass is 1440 g/mol. The minimum atomic E-state index is -0.486. The number of aryl methyl sites for hydroxylation is 3. The number of hydrogen-bond donors (Lipinski definition) is 7. The normalized spacial score (nSPS) is 9.08. The van der Waals surface area contributed by atoms with Crippen LogP contribution in [0.25, 0.3) is 0 Å². The van der Waals surface area contributed by atoms with E-state index in [4.69, 9.17) is 38.5 Å². The SMILES string of the molecule is C.CCN(CC)CC.CCO.CO.Cc1cc(=O)[nH]c(=S)[nH]1.Cc1cc(=O)[nH]c(SCc2cncc(F)c2)n1.Cc1cc(=O)[nH]c(SCc2cncc(F)c2)n1.Cl.ClCCl.Fc1cncc(CBr)c1.O=Cc1cncc(F)c1.OCc1cncc(F)c1.[B].[H-].[Na+]. The average molecular weight is 1440 g/mol. The van der Waals surface area contributed by atoms with Crippen LogP contribution in [0.3, 0.4) is 0 Å². The first-order valence-corrected chi connectivity index (χ1v) is 29.4. The zero-order valence-corrected chi connectivity index (χ0v) is 58.0. The molecule has 89 heavy (non-hydrogen) atoms. The summed E-state index contributed by atoms with van der Waals surface area (Å²) < 4.78 is 62.7. The van der Waals surface area contributed by atoms with E-state index in [9.17, 15) is 41.1 Å². The van der Waals surface area contributed by atoms with Gasteiger partial charge in [-0.2, -0.15) is 0 Å². The van der Waals surface area contributed by atoms with Gasteiger partial charge in [0.15, 0.2) is 21.4 Å². The van der Waals surface area contributed by atoms with Crippen molar-refractivity contribution >= 4 is 102 Å². The Morgan fingerprint density at radius 3 is 1.17 bits per heavy atom. The largest absolute Gasteiger partial charge is 1.00 e. The Kier molecular flexibility index (Phi) is 64.5. The minimum absolute atomic E-state index is 0. The molecule has 0 bridgehead atoms. The number of pyridine rings is 5. The van der Waals surface area contributed by atoms with E-state index < -0.39 is 11.6 Å². The molecule has 0 saturated heterocycles. The van der Waals surface area contributed by atoms with Gasteiger partial charge in [0.25, 0.3) is 16.7 Å². The molecule has 0 amide bonds. The Hall–Kier alpha value is -5.12. The first kappa shape index (κ1) is 95.0. The maximum absolute atomic E-state index is 12.9. The van der Waals surface area contributed by atoms with Gasteiger partial charge in [-0.1, -0.05) is 67.7 Å². The molecule has 3 radical (unpaired) electrons. The maximum Gasteiger partial charge on any atom is 1.00 e. The van der Waals surface area contributed by atoms with Crippen molar-refractivity contribution in [2.45, 2.75) is 89.6 Å². The van der Waals surface area contributed by atoms with Gasteiger partial charge in [-0.15, -0.1) is 35.6 Å². The van der Waals surface area contributed by atoms with Crippen LogP contribution >= 0.6 is 87.3 Å². The van der Waals surface area contributed by atoms with Crippen molar-refractivity contribution in [2.75, 3.05) is 38.7 Å². The minimum Gasteiger partial charge on any atom is -1.00 e. The molecular formula is C56H74BBrCl3F5N12NaO7S3. The second-order valence-electron chi connectivity index (χ2n) is 15.7.